The Kier molecular flexibility index (Phi) is 6.28. The number of anilines is 1. The van der Waals surface area contributed by atoms with Crippen LogP contribution in [0.25, 0.3) is 10.9 Å². The van der Waals surface area contributed by atoms with Crippen molar-refractivity contribution in [2.24, 2.45) is 0 Å². The lowest BCUT2D eigenvalue weighted by atomic mass is 10.0. The Bertz CT molecular complexity index is 1120. The van der Waals surface area contributed by atoms with E-state index in [1.807, 2.05) is 45.9 Å². The molecular formula is C23H26ClN3O2. The maximum Gasteiger partial charge on any atom is 0.322 e. The molecule has 0 radical (unpaired) electrons. The lowest BCUT2D eigenvalue weighted by Crippen LogP contribution is -2.35. The van der Waals surface area contributed by atoms with Gasteiger partial charge in [0.2, 0.25) is 5.56 Å². The van der Waals surface area contributed by atoms with Crippen molar-refractivity contribution in [1.29, 1.82) is 0 Å². The molecule has 0 saturated heterocycles. The Hall–Kier alpha value is -2.79. The number of hydrogen-bond acceptors (Lipinski definition) is 2. The van der Waals surface area contributed by atoms with Crippen molar-refractivity contribution in [1.82, 2.24) is 9.88 Å². The van der Waals surface area contributed by atoms with Crippen LogP contribution in [0.3, 0.4) is 0 Å². The van der Waals surface area contributed by atoms with E-state index in [2.05, 4.69) is 16.4 Å². The number of halogens is 1. The minimum atomic E-state index is -0.218. The molecule has 2 aromatic carbocycles. The van der Waals surface area contributed by atoms with Crippen LogP contribution in [0.4, 0.5) is 10.5 Å². The van der Waals surface area contributed by atoms with Crippen molar-refractivity contribution in [3.05, 3.63) is 74.0 Å². The van der Waals surface area contributed by atoms with Crippen molar-refractivity contribution in [2.45, 2.75) is 40.7 Å². The van der Waals surface area contributed by atoms with Crippen LogP contribution in [-0.2, 0) is 6.54 Å². The summed E-state index contributed by atoms with van der Waals surface area (Å²) >= 11 is 6.18. The van der Waals surface area contributed by atoms with E-state index in [1.165, 1.54) is 0 Å². The molecule has 0 unspecified atom stereocenters. The van der Waals surface area contributed by atoms with E-state index in [4.69, 9.17) is 11.6 Å². The number of nitrogens with zero attached hydrogens (tertiary/aromatic N) is 1. The smallest absolute Gasteiger partial charge is 0.322 e. The summed E-state index contributed by atoms with van der Waals surface area (Å²) in [5.41, 5.74) is 5.22. The third kappa shape index (κ3) is 4.80. The van der Waals surface area contributed by atoms with Crippen LogP contribution < -0.4 is 10.9 Å². The molecule has 5 nitrogen and oxygen atoms in total. The minimum absolute atomic E-state index is 0.165. The second kappa shape index (κ2) is 8.70. The molecule has 0 aliphatic carbocycles. The van der Waals surface area contributed by atoms with E-state index in [9.17, 15) is 9.59 Å². The van der Waals surface area contributed by atoms with Gasteiger partial charge in [0.25, 0.3) is 0 Å². The van der Waals surface area contributed by atoms with Gasteiger partial charge in [-0.25, -0.2) is 4.79 Å². The molecule has 0 aliphatic heterocycles. The zero-order chi connectivity index (χ0) is 21.1. The number of hydrogen-bond donors (Lipinski definition) is 2. The summed E-state index contributed by atoms with van der Waals surface area (Å²) in [4.78, 5) is 29.8. The number of pyridine rings is 1. The highest BCUT2D eigenvalue weighted by Gasteiger charge is 2.16. The fourth-order valence-electron chi connectivity index (χ4n) is 3.51. The molecular weight excluding hydrogens is 386 g/mol. The van der Waals surface area contributed by atoms with Crippen LogP contribution >= 0.6 is 11.6 Å². The van der Waals surface area contributed by atoms with Crippen molar-refractivity contribution >= 4 is 34.2 Å². The number of benzene rings is 2. The summed E-state index contributed by atoms with van der Waals surface area (Å²) in [6.07, 6.45) is 0.807. The number of nitrogens with one attached hydrogen (secondary N) is 2. The maximum absolute atomic E-state index is 12.9. The van der Waals surface area contributed by atoms with Gasteiger partial charge in [-0.05, 0) is 62.1 Å². The van der Waals surface area contributed by atoms with Crippen molar-refractivity contribution in [3.63, 3.8) is 0 Å². The molecule has 3 rings (SSSR count). The number of H-pyrrole nitrogens is 1. The Morgan fingerprint density at radius 2 is 1.86 bits per heavy atom. The number of carbonyl (C=O) groups is 1. The Labute approximate surface area is 175 Å². The zero-order valence-electron chi connectivity index (χ0n) is 17.2. The molecule has 0 aliphatic rings. The summed E-state index contributed by atoms with van der Waals surface area (Å²) in [5, 5.41) is 4.49. The standard InChI is InChI=1S/C23H26ClN3O2/c1-5-8-27(23(29)25-18-7-6-15(3)20(24)12-18)13-17-11-21(28)26-22-16(4)9-14(2)10-19(17)22/h6-7,9-12H,5,8,13H2,1-4H3,(H,25,29)(H,26,28). The molecule has 0 fully saturated rings. The normalized spacial score (nSPS) is 10.9. The average molecular weight is 412 g/mol. The van der Waals surface area contributed by atoms with Gasteiger partial charge < -0.3 is 15.2 Å². The number of carbonyl (C=O) groups excluding carboxylic acids is 1. The lowest BCUT2D eigenvalue weighted by molar-refractivity contribution is 0.209. The quantitative estimate of drug-likeness (QED) is 0.578. The zero-order valence-corrected chi connectivity index (χ0v) is 18.0. The monoisotopic (exact) mass is 411 g/mol. The van der Waals surface area contributed by atoms with E-state index >= 15 is 0 Å². The van der Waals surface area contributed by atoms with E-state index in [0.717, 1.165) is 39.6 Å². The molecule has 1 heterocycles. The summed E-state index contributed by atoms with van der Waals surface area (Å²) in [6, 6.07) is 10.9. The molecule has 0 saturated carbocycles. The number of aryl methyl sites for hydroxylation is 3. The van der Waals surface area contributed by atoms with Gasteiger partial charge in [-0.3, -0.25) is 4.79 Å². The van der Waals surface area contributed by atoms with E-state index in [0.29, 0.717) is 23.8 Å². The first kappa shape index (κ1) is 20.9. The predicted octanol–water partition coefficient (Wildman–Crippen LogP) is 5.55. The molecule has 6 heteroatoms. The van der Waals surface area contributed by atoms with Crippen LogP contribution in [-0.4, -0.2) is 22.5 Å². The van der Waals surface area contributed by atoms with Gasteiger partial charge in [0.15, 0.2) is 0 Å². The molecule has 2 N–H and O–H groups in total. The Morgan fingerprint density at radius 1 is 1.10 bits per heavy atom. The first-order valence-corrected chi connectivity index (χ1v) is 10.1. The minimum Gasteiger partial charge on any atom is -0.322 e. The summed E-state index contributed by atoms with van der Waals surface area (Å²) in [7, 11) is 0. The van der Waals surface area contributed by atoms with Gasteiger partial charge in [-0.2, -0.15) is 0 Å². The third-order valence-corrected chi connectivity index (χ3v) is 5.35. The van der Waals surface area contributed by atoms with Gasteiger partial charge in [-0.1, -0.05) is 36.2 Å². The molecule has 29 heavy (non-hydrogen) atoms. The average Bonchev–Trinajstić information content (AvgIpc) is 2.65. The number of rotatable bonds is 5. The third-order valence-electron chi connectivity index (χ3n) is 4.94. The highest BCUT2D eigenvalue weighted by molar-refractivity contribution is 6.31. The van der Waals surface area contributed by atoms with Crippen LogP contribution in [0.2, 0.25) is 5.02 Å². The summed E-state index contributed by atoms with van der Waals surface area (Å²) in [5.74, 6) is 0. The Balaban J connectivity index is 1.93. The molecule has 1 aromatic heterocycles. The van der Waals surface area contributed by atoms with Crippen molar-refractivity contribution < 1.29 is 4.79 Å². The topological polar surface area (TPSA) is 65.2 Å². The summed E-state index contributed by atoms with van der Waals surface area (Å²) < 4.78 is 0. The predicted molar refractivity (Wildman–Crippen MR) is 120 cm³/mol. The fourth-order valence-corrected chi connectivity index (χ4v) is 3.69. The number of fused-ring (bicyclic) bond motifs is 1. The second-order valence-corrected chi connectivity index (χ2v) is 7.89. The number of amides is 2. The highest BCUT2D eigenvalue weighted by Crippen LogP contribution is 2.23. The molecule has 0 spiro atoms. The Morgan fingerprint density at radius 3 is 2.55 bits per heavy atom. The lowest BCUT2D eigenvalue weighted by Gasteiger charge is -2.24. The van der Waals surface area contributed by atoms with Gasteiger partial charge >= 0.3 is 6.03 Å². The highest BCUT2D eigenvalue weighted by atomic mass is 35.5. The number of aromatic nitrogens is 1. The van der Waals surface area contributed by atoms with Crippen molar-refractivity contribution in [3.8, 4) is 0 Å². The summed E-state index contributed by atoms with van der Waals surface area (Å²) in [6.45, 7) is 8.87. The second-order valence-electron chi connectivity index (χ2n) is 7.48. The van der Waals surface area contributed by atoms with E-state index < -0.39 is 0 Å². The molecule has 0 bridgehead atoms. The number of urea groups is 1. The molecule has 152 valence electrons. The van der Waals surface area contributed by atoms with Gasteiger partial charge in [-0.15, -0.1) is 0 Å². The van der Waals surface area contributed by atoms with Crippen molar-refractivity contribution in [2.75, 3.05) is 11.9 Å². The molecule has 2 amide bonds. The first-order valence-electron chi connectivity index (χ1n) is 9.73. The van der Waals surface area contributed by atoms with Gasteiger partial charge in [0, 0.05) is 35.3 Å². The van der Waals surface area contributed by atoms with E-state index in [1.54, 1.807) is 17.0 Å². The van der Waals surface area contributed by atoms with Gasteiger partial charge in [0.05, 0.1) is 5.52 Å². The molecule has 3 aromatic rings. The van der Waals surface area contributed by atoms with Crippen LogP contribution in [0.5, 0.6) is 0 Å². The molecule has 0 atom stereocenters. The van der Waals surface area contributed by atoms with Crippen LogP contribution in [0, 0.1) is 20.8 Å². The van der Waals surface area contributed by atoms with Crippen LogP contribution in [0.1, 0.15) is 35.6 Å². The van der Waals surface area contributed by atoms with Crippen LogP contribution in [0.15, 0.2) is 41.2 Å². The number of aromatic amines is 1. The fraction of sp³-hybridized carbons (Fsp3) is 0.304. The maximum atomic E-state index is 12.9. The SMILES string of the molecule is CCCN(Cc1cc(=O)[nH]c2c(C)cc(C)cc12)C(=O)Nc1ccc(C)c(Cl)c1. The first-order chi connectivity index (χ1) is 13.8. The van der Waals surface area contributed by atoms with E-state index in [-0.39, 0.29) is 11.6 Å². The largest absolute Gasteiger partial charge is 0.322 e. The van der Waals surface area contributed by atoms with Gasteiger partial charge in [0.1, 0.15) is 0 Å².